The molecule has 0 bridgehead atoms. The van der Waals surface area contributed by atoms with Crippen LogP contribution in [-0.4, -0.2) is 38.7 Å². The second-order valence-corrected chi connectivity index (χ2v) is 5.19. The number of rotatable bonds is 3. The summed E-state index contributed by atoms with van der Waals surface area (Å²) >= 11 is 0. The fourth-order valence-corrected chi connectivity index (χ4v) is 2.37. The van der Waals surface area contributed by atoms with Crippen molar-refractivity contribution in [3.05, 3.63) is 40.6 Å². The molecule has 1 aliphatic heterocycles. The van der Waals surface area contributed by atoms with E-state index in [1.165, 1.54) is 19.2 Å². The number of aromatic nitrogens is 4. The van der Waals surface area contributed by atoms with Crippen LogP contribution in [0.25, 0.3) is 0 Å². The van der Waals surface area contributed by atoms with Gasteiger partial charge in [-0.25, -0.2) is 4.68 Å². The molecule has 1 saturated heterocycles. The maximum Gasteiger partial charge on any atom is 0.276 e. The second-order valence-electron chi connectivity index (χ2n) is 5.19. The van der Waals surface area contributed by atoms with Crippen LogP contribution in [0.2, 0.25) is 0 Å². The lowest BCUT2D eigenvalue weighted by Gasteiger charge is -2.22. The topological polar surface area (TPSA) is 91.0 Å². The standard InChI is InChI=1S/C14H17N5O3/c1-18-13(20)3-2-12(17-18)14(21)16-10-8-15-19(9-10)11-4-6-22-7-5-11/h2-3,8-9,11H,4-7H2,1H3,(H,16,21). The first-order valence-electron chi connectivity index (χ1n) is 7.11. The first-order chi connectivity index (χ1) is 10.6. The highest BCUT2D eigenvalue weighted by Crippen LogP contribution is 2.21. The molecule has 0 radical (unpaired) electrons. The molecule has 2 aromatic rings. The number of nitrogens with one attached hydrogen (secondary N) is 1. The summed E-state index contributed by atoms with van der Waals surface area (Å²) in [5.41, 5.74) is 0.525. The van der Waals surface area contributed by atoms with E-state index < -0.39 is 0 Å². The Labute approximate surface area is 126 Å². The minimum atomic E-state index is -0.373. The first kappa shape index (κ1) is 14.5. The van der Waals surface area contributed by atoms with Crippen LogP contribution in [0, 0.1) is 0 Å². The molecule has 1 N–H and O–H groups in total. The van der Waals surface area contributed by atoms with Crippen molar-refractivity contribution in [2.24, 2.45) is 7.05 Å². The molecule has 8 heteroatoms. The fraction of sp³-hybridized carbons (Fsp3) is 0.429. The van der Waals surface area contributed by atoms with Crippen molar-refractivity contribution in [1.29, 1.82) is 0 Å². The molecule has 3 heterocycles. The zero-order valence-corrected chi connectivity index (χ0v) is 12.2. The predicted octanol–water partition coefficient (Wildman–Crippen LogP) is 0.581. The largest absolute Gasteiger partial charge is 0.381 e. The third-order valence-electron chi connectivity index (χ3n) is 3.62. The van der Waals surface area contributed by atoms with Crippen LogP contribution in [0.5, 0.6) is 0 Å². The van der Waals surface area contributed by atoms with Gasteiger partial charge in [-0.3, -0.25) is 14.3 Å². The van der Waals surface area contributed by atoms with E-state index in [0.717, 1.165) is 30.7 Å². The molecule has 2 aromatic heterocycles. The molecule has 0 atom stereocenters. The Morgan fingerprint density at radius 2 is 2.14 bits per heavy atom. The lowest BCUT2D eigenvalue weighted by molar-refractivity contribution is 0.0662. The van der Waals surface area contributed by atoms with Crippen LogP contribution in [0.15, 0.2) is 29.3 Å². The minimum Gasteiger partial charge on any atom is -0.381 e. The van der Waals surface area contributed by atoms with Gasteiger partial charge in [-0.2, -0.15) is 10.2 Å². The van der Waals surface area contributed by atoms with Gasteiger partial charge < -0.3 is 10.1 Å². The van der Waals surface area contributed by atoms with Crippen molar-refractivity contribution >= 4 is 11.6 Å². The zero-order chi connectivity index (χ0) is 15.5. The Morgan fingerprint density at radius 3 is 2.86 bits per heavy atom. The van der Waals surface area contributed by atoms with E-state index in [4.69, 9.17) is 4.74 Å². The highest BCUT2D eigenvalue weighted by Gasteiger charge is 2.17. The van der Waals surface area contributed by atoms with Crippen LogP contribution in [0.3, 0.4) is 0 Å². The number of aryl methyl sites for hydroxylation is 1. The summed E-state index contributed by atoms with van der Waals surface area (Å²) in [4.78, 5) is 23.4. The van der Waals surface area contributed by atoms with Crippen molar-refractivity contribution < 1.29 is 9.53 Å². The van der Waals surface area contributed by atoms with E-state index in [0.29, 0.717) is 11.7 Å². The number of amides is 1. The maximum absolute atomic E-state index is 12.1. The van der Waals surface area contributed by atoms with Crippen LogP contribution in [-0.2, 0) is 11.8 Å². The highest BCUT2D eigenvalue weighted by atomic mass is 16.5. The molecular formula is C14H17N5O3. The maximum atomic E-state index is 12.1. The number of ether oxygens (including phenoxy) is 1. The third kappa shape index (κ3) is 3.06. The van der Waals surface area contributed by atoms with Crippen molar-refractivity contribution in [1.82, 2.24) is 19.6 Å². The summed E-state index contributed by atoms with van der Waals surface area (Å²) in [6.45, 7) is 1.46. The van der Waals surface area contributed by atoms with Gasteiger partial charge in [0.2, 0.25) is 0 Å². The second kappa shape index (κ2) is 6.10. The molecule has 8 nitrogen and oxygen atoms in total. The van der Waals surface area contributed by atoms with Crippen LogP contribution in [0.4, 0.5) is 5.69 Å². The average molecular weight is 303 g/mol. The lowest BCUT2D eigenvalue weighted by atomic mass is 10.1. The first-order valence-corrected chi connectivity index (χ1v) is 7.11. The van der Waals surface area contributed by atoms with Gasteiger partial charge in [0.15, 0.2) is 0 Å². The Hall–Kier alpha value is -2.48. The van der Waals surface area contributed by atoms with Gasteiger partial charge >= 0.3 is 0 Å². The van der Waals surface area contributed by atoms with Crippen LogP contribution < -0.4 is 10.9 Å². The Balaban J connectivity index is 1.70. The summed E-state index contributed by atoms with van der Waals surface area (Å²) in [6.07, 6.45) is 5.24. The molecule has 116 valence electrons. The number of carbonyl (C=O) groups is 1. The number of anilines is 1. The molecule has 0 aliphatic carbocycles. The van der Waals surface area contributed by atoms with Crippen molar-refractivity contribution in [2.45, 2.75) is 18.9 Å². The summed E-state index contributed by atoms with van der Waals surface area (Å²) in [5.74, 6) is -0.373. The average Bonchev–Trinajstić information content (AvgIpc) is 2.99. The van der Waals surface area contributed by atoms with Crippen LogP contribution >= 0.6 is 0 Å². The molecule has 22 heavy (non-hydrogen) atoms. The van der Waals surface area contributed by atoms with Crippen molar-refractivity contribution in [2.75, 3.05) is 18.5 Å². The summed E-state index contributed by atoms with van der Waals surface area (Å²) in [6, 6.07) is 3.02. The van der Waals surface area contributed by atoms with Gasteiger partial charge in [0.25, 0.3) is 11.5 Å². The molecule has 1 aliphatic rings. The summed E-state index contributed by atoms with van der Waals surface area (Å²) in [7, 11) is 1.50. The number of hydrogen-bond donors (Lipinski definition) is 1. The van der Waals surface area contributed by atoms with Crippen molar-refractivity contribution in [3.8, 4) is 0 Å². The molecule has 1 fully saturated rings. The Kier molecular flexibility index (Phi) is 4.01. The van der Waals surface area contributed by atoms with E-state index in [2.05, 4.69) is 15.5 Å². The smallest absolute Gasteiger partial charge is 0.276 e. The Bertz CT molecular complexity index is 730. The van der Waals surface area contributed by atoms with E-state index >= 15 is 0 Å². The highest BCUT2D eigenvalue weighted by molar-refractivity contribution is 6.02. The van der Waals surface area contributed by atoms with Gasteiger partial charge in [-0.05, 0) is 18.9 Å². The molecule has 0 spiro atoms. The monoisotopic (exact) mass is 303 g/mol. The lowest BCUT2D eigenvalue weighted by Crippen LogP contribution is -2.23. The molecule has 0 saturated carbocycles. The van der Waals surface area contributed by atoms with Gasteiger partial charge in [0, 0.05) is 32.5 Å². The van der Waals surface area contributed by atoms with Gasteiger partial charge in [-0.1, -0.05) is 0 Å². The SMILES string of the molecule is Cn1nc(C(=O)Nc2cnn(C3CCOCC3)c2)ccc1=O. The van der Waals surface area contributed by atoms with Gasteiger partial charge in [0.05, 0.1) is 17.9 Å². The quantitative estimate of drug-likeness (QED) is 0.895. The molecule has 0 aromatic carbocycles. The number of nitrogens with zero attached hydrogens (tertiary/aromatic N) is 4. The molecular weight excluding hydrogens is 286 g/mol. The van der Waals surface area contributed by atoms with E-state index in [1.54, 1.807) is 12.4 Å². The number of carbonyl (C=O) groups excluding carboxylic acids is 1. The van der Waals surface area contributed by atoms with Gasteiger partial charge in [-0.15, -0.1) is 0 Å². The predicted molar refractivity (Wildman–Crippen MR) is 78.7 cm³/mol. The fourth-order valence-electron chi connectivity index (χ4n) is 2.37. The van der Waals surface area contributed by atoms with Crippen LogP contribution in [0.1, 0.15) is 29.4 Å². The normalized spacial score (nSPS) is 15.7. The molecule has 1 amide bonds. The van der Waals surface area contributed by atoms with E-state index in [-0.39, 0.29) is 17.2 Å². The van der Waals surface area contributed by atoms with Crippen molar-refractivity contribution in [3.63, 3.8) is 0 Å². The van der Waals surface area contributed by atoms with Gasteiger partial charge in [0.1, 0.15) is 5.69 Å². The third-order valence-corrected chi connectivity index (χ3v) is 3.62. The van der Waals surface area contributed by atoms with E-state index in [9.17, 15) is 9.59 Å². The van der Waals surface area contributed by atoms with E-state index in [1.807, 2.05) is 4.68 Å². The Morgan fingerprint density at radius 1 is 1.36 bits per heavy atom. The molecule has 3 rings (SSSR count). The number of hydrogen-bond acceptors (Lipinski definition) is 5. The minimum absolute atomic E-state index is 0.181. The zero-order valence-electron chi connectivity index (χ0n) is 12.2. The summed E-state index contributed by atoms with van der Waals surface area (Å²) < 4.78 is 8.30. The molecule has 0 unspecified atom stereocenters. The summed E-state index contributed by atoms with van der Waals surface area (Å²) in [5, 5.41) is 10.9.